The van der Waals surface area contributed by atoms with Gasteiger partial charge in [-0.3, -0.25) is 4.79 Å². The summed E-state index contributed by atoms with van der Waals surface area (Å²) in [6, 6.07) is 12.0. The number of rotatable bonds is 5. The van der Waals surface area contributed by atoms with Crippen LogP contribution in [0.1, 0.15) is 39.3 Å². The number of aromatic nitrogens is 2. The zero-order valence-corrected chi connectivity index (χ0v) is 19.2. The molecule has 3 aromatic rings. The normalized spacial score (nSPS) is 15.5. The van der Waals surface area contributed by atoms with E-state index in [0.29, 0.717) is 33.7 Å². The number of halogens is 1. The van der Waals surface area contributed by atoms with Gasteiger partial charge < -0.3 is 20.3 Å². The molecule has 32 heavy (non-hydrogen) atoms. The number of methoxy groups -OCH3 is 1. The van der Waals surface area contributed by atoms with Gasteiger partial charge in [-0.05, 0) is 50.1 Å². The molecule has 3 amide bonds. The van der Waals surface area contributed by atoms with Crippen molar-refractivity contribution in [3.8, 4) is 5.75 Å². The van der Waals surface area contributed by atoms with Crippen molar-refractivity contribution >= 4 is 46.3 Å². The first-order chi connectivity index (χ1) is 15.4. The summed E-state index contributed by atoms with van der Waals surface area (Å²) in [5.74, 6) is 0.194. The Morgan fingerprint density at radius 1 is 1.16 bits per heavy atom. The molecule has 8 nitrogen and oxygen atoms in total. The number of nitrogens with zero attached hydrogens (tertiary/aromatic N) is 3. The molecule has 1 saturated heterocycles. The second-order valence-corrected chi connectivity index (χ2v) is 8.84. The molecule has 1 aromatic heterocycles. The fraction of sp³-hybridized carbons (Fsp3) is 0.273. The maximum Gasteiger partial charge on any atom is 0.322 e. The molecule has 2 aromatic carbocycles. The van der Waals surface area contributed by atoms with Crippen molar-refractivity contribution in [2.24, 2.45) is 0 Å². The van der Waals surface area contributed by atoms with E-state index in [1.807, 2.05) is 31.2 Å². The van der Waals surface area contributed by atoms with Crippen LogP contribution >= 0.6 is 22.9 Å². The van der Waals surface area contributed by atoms with Gasteiger partial charge in [0.15, 0.2) is 0 Å². The average molecular weight is 472 g/mol. The van der Waals surface area contributed by atoms with Gasteiger partial charge in [-0.15, -0.1) is 10.2 Å². The van der Waals surface area contributed by atoms with Crippen LogP contribution in [0.25, 0.3) is 0 Å². The van der Waals surface area contributed by atoms with Crippen LogP contribution in [0.3, 0.4) is 0 Å². The Bertz CT molecular complexity index is 1130. The van der Waals surface area contributed by atoms with E-state index < -0.39 is 0 Å². The first-order valence-corrected chi connectivity index (χ1v) is 11.3. The Morgan fingerprint density at radius 3 is 2.69 bits per heavy atom. The summed E-state index contributed by atoms with van der Waals surface area (Å²) in [5.41, 5.74) is 2.29. The van der Waals surface area contributed by atoms with Crippen LogP contribution in [0.2, 0.25) is 5.02 Å². The molecule has 0 spiro atoms. The van der Waals surface area contributed by atoms with Crippen LogP contribution in [0.15, 0.2) is 42.5 Å². The molecule has 0 aliphatic carbocycles. The van der Waals surface area contributed by atoms with Gasteiger partial charge >= 0.3 is 6.03 Å². The second kappa shape index (κ2) is 9.54. The van der Waals surface area contributed by atoms with E-state index in [0.717, 1.165) is 18.4 Å². The molecule has 10 heteroatoms. The molecular formula is C22H22ClN5O3S. The molecule has 1 aliphatic rings. The molecule has 1 fully saturated rings. The van der Waals surface area contributed by atoms with Crippen LogP contribution in [-0.2, 0) is 0 Å². The molecule has 0 bridgehead atoms. The first-order valence-electron chi connectivity index (χ1n) is 10.1. The number of carbonyl (C=O) groups is 2. The topological polar surface area (TPSA) is 96.4 Å². The monoisotopic (exact) mass is 471 g/mol. The standard InChI is InChI=1S/C22H22ClN5O3S/c1-13-5-8-15(9-6-13)24-19(29)21-27-26-20(32-21)17-4-3-11-28(17)22(30)25-16-12-14(23)7-10-18(16)31-2/h5-10,12,17H,3-4,11H2,1-2H3,(H,24,29)(H,25,30)/t17-/m0/s1. The molecule has 0 unspecified atom stereocenters. The first kappa shape index (κ1) is 22.0. The molecule has 1 atom stereocenters. The summed E-state index contributed by atoms with van der Waals surface area (Å²) >= 11 is 7.26. The Labute approximate surface area is 194 Å². The lowest BCUT2D eigenvalue weighted by atomic mass is 10.2. The quantitative estimate of drug-likeness (QED) is 0.537. The predicted octanol–water partition coefficient (Wildman–Crippen LogP) is 5.13. The van der Waals surface area contributed by atoms with Crippen LogP contribution in [0.5, 0.6) is 5.75 Å². The lowest BCUT2D eigenvalue weighted by Gasteiger charge is -2.23. The average Bonchev–Trinajstić information content (AvgIpc) is 3.45. The number of likely N-dealkylation sites (tertiary alicyclic amines) is 1. The summed E-state index contributed by atoms with van der Waals surface area (Å²) in [4.78, 5) is 27.2. The van der Waals surface area contributed by atoms with Crippen molar-refractivity contribution in [1.82, 2.24) is 15.1 Å². The fourth-order valence-corrected chi connectivity index (χ4v) is 4.57. The van der Waals surface area contributed by atoms with Crippen LogP contribution in [0.4, 0.5) is 16.2 Å². The highest BCUT2D eigenvalue weighted by atomic mass is 35.5. The van der Waals surface area contributed by atoms with Gasteiger partial charge in [0.2, 0.25) is 5.01 Å². The number of aryl methyl sites for hydroxylation is 1. The maximum atomic E-state index is 13.0. The Hall–Kier alpha value is -3.17. The second-order valence-electron chi connectivity index (χ2n) is 7.39. The van der Waals surface area contributed by atoms with Gasteiger partial charge in [0, 0.05) is 17.3 Å². The third kappa shape index (κ3) is 4.84. The number of carbonyl (C=O) groups excluding carboxylic acids is 2. The van der Waals surface area contributed by atoms with E-state index in [-0.39, 0.29) is 23.0 Å². The number of nitrogens with one attached hydrogen (secondary N) is 2. The van der Waals surface area contributed by atoms with E-state index in [1.54, 1.807) is 23.1 Å². The lowest BCUT2D eigenvalue weighted by Crippen LogP contribution is -2.34. The number of anilines is 2. The predicted molar refractivity (Wildman–Crippen MR) is 125 cm³/mol. The summed E-state index contributed by atoms with van der Waals surface area (Å²) in [6.07, 6.45) is 1.57. The Balaban J connectivity index is 1.46. The fourth-order valence-electron chi connectivity index (χ4n) is 3.51. The number of hydrogen-bond donors (Lipinski definition) is 2. The van der Waals surface area contributed by atoms with Crippen LogP contribution in [0, 0.1) is 6.92 Å². The van der Waals surface area contributed by atoms with Crippen LogP contribution in [-0.4, -0.2) is 40.7 Å². The molecule has 2 heterocycles. The molecule has 2 N–H and O–H groups in total. The highest BCUT2D eigenvalue weighted by molar-refractivity contribution is 7.13. The van der Waals surface area contributed by atoms with E-state index >= 15 is 0 Å². The van der Waals surface area contributed by atoms with Crippen molar-refractivity contribution in [3.05, 3.63) is 63.1 Å². The van der Waals surface area contributed by atoms with Gasteiger partial charge in [-0.1, -0.05) is 40.6 Å². The van der Waals surface area contributed by atoms with E-state index in [9.17, 15) is 9.59 Å². The van der Waals surface area contributed by atoms with Gasteiger partial charge in [0.1, 0.15) is 10.8 Å². The van der Waals surface area contributed by atoms with Crippen molar-refractivity contribution in [3.63, 3.8) is 0 Å². The summed E-state index contributed by atoms with van der Waals surface area (Å²) in [7, 11) is 1.53. The Morgan fingerprint density at radius 2 is 1.94 bits per heavy atom. The number of amides is 3. The Kier molecular flexibility index (Phi) is 6.57. The third-order valence-electron chi connectivity index (χ3n) is 5.15. The van der Waals surface area contributed by atoms with E-state index in [4.69, 9.17) is 16.3 Å². The minimum absolute atomic E-state index is 0.251. The van der Waals surface area contributed by atoms with E-state index in [1.165, 1.54) is 18.4 Å². The third-order valence-corrected chi connectivity index (χ3v) is 6.40. The molecular weight excluding hydrogens is 450 g/mol. The van der Waals surface area contributed by atoms with Crippen molar-refractivity contribution < 1.29 is 14.3 Å². The van der Waals surface area contributed by atoms with Gasteiger partial charge in [-0.2, -0.15) is 0 Å². The SMILES string of the molecule is COc1ccc(Cl)cc1NC(=O)N1CCC[C@H]1c1nnc(C(=O)Nc2ccc(C)cc2)s1. The van der Waals surface area contributed by atoms with Crippen LogP contribution < -0.4 is 15.4 Å². The van der Waals surface area contributed by atoms with E-state index in [2.05, 4.69) is 20.8 Å². The number of benzene rings is 2. The van der Waals surface area contributed by atoms with Gasteiger partial charge in [0.05, 0.1) is 18.8 Å². The number of urea groups is 1. The number of hydrogen-bond acceptors (Lipinski definition) is 6. The largest absolute Gasteiger partial charge is 0.495 e. The van der Waals surface area contributed by atoms with Crippen molar-refractivity contribution in [1.29, 1.82) is 0 Å². The zero-order chi connectivity index (χ0) is 22.7. The lowest BCUT2D eigenvalue weighted by molar-refractivity contribution is 0.102. The molecule has 1 aliphatic heterocycles. The zero-order valence-electron chi connectivity index (χ0n) is 17.6. The highest BCUT2D eigenvalue weighted by Gasteiger charge is 2.33. The molecule has 0 radical (unpaired) electrons. The summed E-state index contributed by atoms with van der Waals surface area (Å²) in [6.45, 7) is 2.55. The molecule has 0 saturated carbocycles. The minimum Gasteiger partial charge on any atom is -0.495 e. The molecule has 4 rings (SSSR count). The molecule has 166 valence electrons. The van der Waals surface area contributed by atoms with Gasteiger partial charge in [-0.25, -0.2) is 4.79 Å². The highest BCUT2D eigenvalue weighted by Crippen LogP contribution is 2.35. The van der Waals surface area contributed by atoms with Crippen molar-refractivity contribution in [2.75, 3.05) is 24.3 Å². The van der Waals surface area contributed by atoms with Gasteiger partial charge in [0.25, 0.3) is 5.91 Å². The summed E-state index contributed by atoms with van der Waals surface area (Å²) < 4.78 is 5.30. The number of ether oxygens (including phenoxy) is 1. The summed E-state index contributed by atoms with van der Waals surface area (Å²) in [5, 5.41) is 15.3. The minimum atomic E-state index is -0.324. The maximum absolute atomic E-state index is 13.0. The smallest absolute Gasteiger partial charge is 0.322 e. The van der Waals surface area contributed by atoms with Crippen molar-refractivity contribution in [2.45, 2.75) is 25.8 Å².